The van der Waals surface area contributed by atoms with E-state index in [1.54, 1.807) is 0 Å². The highest BCUT2D eigenvalue weighted by atomic mass is 16.2. The zero-order chi connectivity index (χ0) is 13.7. The Morgan fingerprint density at radius 3 is 2.68 bits per heavy atom. The Bertz CT molecular complexity index is 404. The molecule has 1 saturated heterocycles. The van der Waals surface area contributed by atoms with Gasteiger partial charge in [-0.1, -0.05) is 24.6 Å². The highest BCUT2D eigenvalue weighted by Crippen LogP contribution is 2.21. The van der Waals surface area contributed by atoms with Gasteiger partial charge in [-0.25, -0.2) is 0 Å². The maximum absolute atomic E-state index is 12.5. The van der Waals surface area contributed by atoms with Crippen LogP contribution in [0.15, 0.2) is 30.3 Å². The van der Waals surface area contributed by atoms with Crippen molar-refractivity contribution >= 4 is 11.6 Å². The molecule has 0 spiro atoms. The maximum Gasteiger partial charge on any atom is 0.228 e. The maximum atomic E-state index is 12.5. The second-order valence-electron chi connectivity index (χ2n) is 5.31. The molecule has 2 rings (SSSR count). The molecule has 1 aliphatic heterocycles. The fourth-order valence-electron chi connectivity index (χ4n) is 2.82. The van der Waals surface area contributed by atoms with Crippen LogP contribution in [0.4, 0.5) is 5.69 Å². The van der Waals surface area contributed by atoms with Crippen molar-refractivity contribution in [3.05, 3.63) is 30.3 Å². The zero-order valence-corrected chi connectivity index (χ0v) is 12.0. The lowest BCUT2D eigenvalue weighted by molar-refractivity contribution is -0.120. The lowest BCUT2D eigenvalue weighted by Crippen LogP contribution is -2.41. The smallest absolute Gasteiger partial charge is 0.228 e. The van der Waals surface area contributed by atoms with Crippen LogP contribution in [0.1, 0.15) is 32.6 Å². The molecule has 1 aromatic rings. The topological polar surface area (TPSA) is 23.6 Å². The van der Waals surface area contributed by atoms with Crippen molar-refractivity contribution in [3.63, 3.8) is 0 Å². The lowest BCUT2D eigenvalue weighted by atomic mass is 9.99. The van der Waals surface area contributed by atoms with Crippen LogP contribution in [0.3, 0.4) is 0 Å². The molecular weight excluding hydrogens is 236 g/mol. The first-order valence-electron chi connectivity index (χ1n) is 7.28. The molecule has 3 heteroatoms. The van der Waals surface area contributed by atoms with Crippen LogP contribution >= 0.6 is 0 Å². The van der Waals surface area contributed by atoms with Crippen LogP contribution < -0.4 is 4.90 Å². The van der Waals surface area contributed by atoms with Gasteiger partial charge in [0.25, 0.3) is 0 Å². The summed E-state index contributed by atoms with van der Waals surface area (Å²) < 4.78 is 0. The van der Waals surface area contributed by atoms with Gasteiger partial charge in [0.1, 0.15) is 0 Å². The number of carbonyl (C=O) groups excluding carboxylic acids is 1. The van der Waals surface area contributed by atoms with Crippen LogP contribution in [0.2, 0.25) is 0 Å². The molecule has 3 nitrogen and oxygen atoms in total. The molecule has 0 bridgehead atoms. The Hall–Kier alpha value is -1.35. The van der Waals surface area contributed by atoms with Crippen molar-refractivity contribution in [2.75, 3.05) is 25.0 Å². The van der Waals surface area contributed by atoms with E-state index in [4.69, 9.17) is 0 Å². The number of hydrogen-bond donors (Lipinski definition) is 0. The van der Waals surface area contributed by atoms with E-state index in [0.717, 1.165) is 25.2 Å². The van der Waals surface area contributed by atoms with Gasteiger partial charge in [-0.05, 0) is 45.5 Å². The van der Waals surface area contributed by atoms with Gasteiger partial charge in [-0.15, -0.1) is 0 Å². The molecule has 1 aliphatic rings. The van der Waals surface area contributed by atoms with Crippen molar-refractivity contribution in [3.8, 4) is 0 Å². The number of anilines is 1. The molecule has 1 atom stereocenters. The van der Waals surface area contributed by atoms with Crippen molar-refractivity contribution in [2.24, 2.45) is 0 Å². The van der Waals surface area contributed by atoms with E-state index in [1.807, 2.05) is 42.2 Å². The molecule has 19 heavy (non-hydrogen) atoms. The van der Waals surface area contributed by atoms with E-state index < -0.39 is 0 Å². The Morgan fingerprint density at radius 1 is 1.32 bits per heavy atom. The van der Waals surface area contributed by atoms with E-state index in [0.29, 0.717) is 12.5 Å². The number of para-hydroxylation sites is 1. The molecule has 1 heterocycles. The highest BCUT2D eigenvalue weighted by Gasteiger charge is 2.24. The molecule has 104 valence electrons. The third-order valence-electron chi connectivity index (χ3n) is 4.02. The van der Waals surface area contributed by atoms with Crippen LogP contribution in [-0.4, -0.2) is 37.0 Å². The van der Waals surface area contributed by atoms with E-state index in [-0.39, 0.29) is 5.91 Å². The fraction of sp³-hybridized carbons (Fsp3) is 0.562. The van der Waals surface area contributed by atoms with Gasteiger partial charge < -0.3 is 9.80 Å². The molecule has 0 saturated carbocycles. The first-order valence-corrected chi connectivity index (χ1v) is 7.28. The van der Waals surface area contributed by atoms with Gasteiger partial charge in [0.15, 0.2) is 0 Å². The van der Waals surface area contributed by atoms with Gasteiger partial charge >= 0.3 is 0 Å². The largest absolute Gasteiger partial charge is 0.313 e. The van der Waals surface area contributed by atoms with E-state index >= 15 is 0 Å². The molecule has 0 radical (unpaired) electrons. The third kappa shape index (κ3) is 3.57. The van der Waals surface area contributed by atoms with Crippen molar-refractivity contribution in [2.45, 2.75) is 38.6 Å². The van der Waals surface area contributed by atoms with E-state index in [1.165, 1.54) is 12.8 Å². The number of piperidine rings is 1. The molecule has 1 aromatic carbocycles. The Labute approximate surface area is 116 Å². The van der Waals surface area contributed by atoms with Crippen LogP contribution in [0, 0.1) is 0 Å². The molecule has 0 aromatic heterocycles. The summed E-state index contributed by atoms with van der Waals surface area (Å²) in [6, 6.07) is 10.4. The fourth-order valence-corrected chi connectivity index (χ4v) is 2.82. The average molecular weight is 260 g/mol. The highest BCUT2D eigenvalue weighted by molar-refractivity contribution is 5.93. The predicted molar refractivity (Wildman–Crippen MR) is 79.4 cm³/mol. The molecule has 0 aliphatic carbocycles. The quantitative estimate of drug-likeness (QED) is 0.831. The second-order valence-corrected chi connectivity index (χ2v) is 5.31. The standard InChI is InChI=1S/C16H24N2O/c1-3-18(14-9-5-4-6-10-14)16(19)13-15-11-7-8-12-17(15)2/h4-6,9-10,15H,3,7-8,11-13H2,1-2H3. The number of rotatable bonds is 4. The predicted octanol–water partition coefficient (Wildman–Crippen LogP) is 2.91. The van der Waals surface area contributed by atoms with Crippen molar-refractivity contribution in [1.29, 1.82) is 0 Å². The normalized spacial score (nSPS) is 20.2. The Balaban J connectivity index is 2.01. The molecular formula is C16H24N2O. The minimum absolute atomic E-state index is 0.243. The summed E-state index contributed by atoms with van der Waals surface area (Å²) in [5.74, 6) is 0.243. The van der Waals surface area contributed by atoms with Gasteiger partial charge in [-0.3, -0.25) is 4.79 Å². The zero-order valence-electron chi connectivity index (χ0n) is 12.0. The second kappa shape index (κ2) is 6.71. The summed E-state index contributed by atoms with van der Waals surface area (Å²) >= 11 is 0. The van der Waals surface area contributed by atoms with Crippen molar-refractivity contribution < 1.29 is 4.79 Å². The molecule has 1 unspecified atom stereocenters. The number of benzene rings is 1. The molecule has 1 amide bonds. The summed E-state index contributed by atoms with van der Waals surface area (Å²) in [6.45, 7) is 3.89. The summed E-state index contributed by atoms with van der Waals surface area (Å²) in [5.41, 5.74) is 1.01. The first-order chi connectivity index (χ1) is 9.22. The third-order valence-corrected chi connectivity index (χ3v) is 4.02. The van der Waals surface area contributed by atoms with E-state index in [9.17, 15) is 4.79 Å². The number of nitrogens with zero attached hydrogens (tertiary/aromatic N) is 2. The SMILES string of the molecule is CCN(C(=O)CC1CCCCN1C)c1ccccc1. The monoisotopic (exact) mass is 260 g/mol. The van der Waals surface area contributed by atoms with Gasteiger partial charge in [0.05, 0.1) is 0 Å². The van der Waals surface area contributed by atoms with E-state index in [2.05, 4.69) is 11.9 Å². The minimum atomic E-state index is 0.243. The minimum Gasteiger partial charge on any atom is -0.313 e. The number of hydrogen-bond acceptors (Lipinski definition) is 2. The van der Waals surface area contributed by atoms with Crippen LogP contribution in [0.25, 0.3) is 0 Å². The Morgan fingerprint density at radius 2 is 2.05 bits per heavy atom. The molecule has 0 N–H and O–H groups in total. The Kier molecular flexibility index (Phi) is 4.97. The average Bonchev–Trinajstić information content (AvgIpc) is 2.43. The summed E-state index contributed by atoms with van der Waals surface area (Å²) in [4.78, 5) is 16.7. The number of carbonyl (C=O) groups is 1. The lowest BCUT2D eigenvalue weighted by Gasteiger charge is -2.33. The van der Waals surface area contributed by atoms with Crippen molar-refractivity contribution in [1.82, 2.24) is 4.90 Å². The molecule has 1 fully saturated rings. The van der Waals surface area contributed by atoms with Gasteiger partial charge in [0, 0.05) is 24.7 Å². The van der Waals surface area contributed by atoms with Gasteiger partial charge in [0.2, 0.25) is 5.91 Å². The summed E-state index contributed by atoms with van der Waals surface area (Å²) in [7, 11) is 2.13. The van der Waals surface area contributed by atoms with Crippen LogP contribution in [0.5, 0.6) is 0 Å². The summed E-state index contributed by atoms with van der Waals surface area (Å²) in [6.07, 6.45) is 4.30. The number of amides is 1. The first kappa shape index (κ1) is 14.1. The summed E-state index contributed by atoms with van der Waals surface area (Å²) in [5, 5.41) is 0. The number of likely N-dealkylation sites (tertiary alicyclic amines) is 1. The van der Waals surface area contributed by atoms with Crippen LogP contribution in [-0.2, 0) is 4.79 Å². The van der Waals surface area contributed by atoms with Gasteiger partial charge in [-0.2, -0.15) is 0 Å².